The monoisotopic (exact) mass is 334 g/mol. The fourth-order valence-corrected chi connectivity index (χ4v) is 5.94. The van der Waals surface area contributed by atoms with Crippen molar-refractivity contribution in [3.63, 3.8) is 0 Å². The van der Waals surface area contributed by atoms with E-state index >= 15 is 0 Å². The smallest absolute Gasteiger partial charge is 0.750 e. The standard InChI is InChI=1S/C12H22S2.Na.H2O3S/c1-3-7-11(8-4-1)13-14-12-9-5-2-6-10-12;;1-4(2)3/h11-12H,1-10H2;;(H2,1,2,3)/q;+1;/p-1. The van der Waals surface area contributed by atoms with Crippen molar-refractivity contribution in [2.75, 3.05) is 0 Å². The van der Waals surface area contributed by atoms with E-state index < -0.39 is 11.4 Å². The molecule has 0 amide bonds. The summed E-state index contributed by atoms with van der Waals surface area (Å²) in [6.07, 6.45) is 14.9. The summed E-state index contributed by atoms with van der Waals surface area (Å²) in [7, 11) is 4.44. The first kappa shape index (κ1) is 20.8. The van der Waals surface area contributed by atoms with Crippen molar-refractivity contribution >= 4 is 32.9 Å². The molecule has 1 atom stereocenters. The van der Waals surface area contributed by atoms with Gasteiger partial charge in [0.25, 0.3) is 0 Å². The minimum absolute atomic E-state index is 0. The molecule has 3 nitrogen and oxygen atoms in total. The Balaban J connectivity index is 0.000000576. The molecule has 0 aliphatic heterocycles. The Bertz CT molecular complexity index is 210. The van der Waals surface area contributed by atoms with Crippen LogP contribution < -0.4 is 29.6 Å². The molecule has 19 heavy (non-hydrogen) atoms. The van der Waals surface area contributed by atoms with Crippen LogP contribution in [0.15, 0.2) is 0 Å². The molecule has 1 unspecified atom stereocenters. The maximum Gasteiger partial charge on any atom is 1.00 e. The Morgan fingerprint density at radius 2 is 1.11 bits per heavy atom. The third kappa shape index (κ3) is 12.0. The number of hydrogen-bond donors (Lipinski definition) is 1. The van der Waals surface area contributed by atoms with E-state index in [1.54, 1.807) is 0 Å². The SMILES string of the molecule is C1CCC(SSC2CCCCC2)CC1.O=S([O-])O.[Na+]. The van der Waals surface area contributed by atoms with Gasteiger partial charge in [-0.25, -0.2) is 4.21 Å². The van der Waals surface area contributed by atoms with Crippen LogP contribution in [0.1, 0.15) is 64.2 Å². The van der Waals surface area contributed by atoms with Crippen LogP contribution >= 0.6 is 21.6 Å². The zero-order valence-electron chi connectivity index (χ0n) is 11.7. The fraction of sp³-hybridized carbons (Fsp3) is 1.00. The summed E-state index contributed by atoms with van der Waals surface area (Å²) in [5.41, 5.74) is 0. The van der Waals surface area contributed by atoms with Crippen LogP contribution in [0.2, 0.25) is 0 Å². The molecule has 2 rings (SSSR count). The average Bonchev–Trinajstić information content (AvgIpc) is 2.38. The quantitative estimate of drug-likeness (QED) is 0.480. The second-order valence-electron chi connectivity index (χ2n) is 4.93. The minimum atomic E-state index is -2.86. The van der Waals surface area contributed by atoms with E-state index in [0.717, 1.165) is 10.5 Å². The minimum Gasteiger partial charge on any atom is -0.750 e. The Morgan fingerprint density at radius 1 is 0.842 bits per heavy atom. The molecule has 2 aliphatic carbocycles. The molecule has 7 heteroatoms. The molecule has 0 bridgehead atoms. The second kappa shape index (κ2) is 13.4. The summed E-state index contributed by atoms with van der Waals surface area (Å²) < 4.78 is 24.1. The molecule has 1 N–H and O–H groups in total. The van der Waals surface area contributed by atoms with Gasteiger partial charge in [-0.3, -0.25) is 0 Å². The molecule has 2 fully saturated rings. The molecular weight excluding hydrogens is 311 g/mol. The van der Waals surface area contributed by atoms with E-state index in [-0.39, 0.29) is 29.6 Å². The van der Waals surface area contributed by atoms with Crippen LogP contribution in [0.3, 0.4) is 0 Å². The van der Waals surface area contributed by atoms with Crippen LogP contribution in [0.25, 0.3) is 0 Å². The van der Waals surface area contributed by atoms with Crippen LogP contribution in [0.5, 0.6) is 0 Å². The summed E-state index contributed by atoms with van der Waals surface area (Å²) in [6.45, 7) is 0. The van der Waals surface area contributed by atoms with Gasteiger partial charge >= 0.3 is 29.6 Å². The van der Waals surface area contributed by atoms with Crippen LogP contribution in [0, 0.1) is 0 Å². The van der Waals surface area contributed by atoms with Crippen molar-refractivity contribution in [2.45, 2.75) is 74.7 Å². The molecule has 0 radical (unpaired) electrons. The molecule has 2 aliphatic rings. The number of rotatable bonds is 3. The second-order valence-corrected chi connectivity index (χ2v) is 8.24. The Hall–Kier alpha value is 1.77. The summed E-state index contributed by atoms with van der Waals surface area (Å²) in [6, 6.07) is 0. The van der Waals surface area contributed by atoms with Gasteiger partial charge in [0.1, 0.15) is 0 Å². The van der Waals surface area contributed by atoms with E-state index in [2.05, 4.69) is 21.6 Å². The van der Waals surface area contributed by atoms with E-state index in [9.17, 15) is 0 Å². The molecular formula is C12H23NaO3S3. The van der Waals surface area contributed by atoms with Gasteiger partial charge < -0.3 is 9.11 Å². The third-order valence-electron chi connectivity index (χ3n) is 3.43. The molecule has 0 spiro atoms. The normalized spacial score (nSPS) is 22.8. The van der Waals surface area contributed by atoms with E-state index in [0.29, 0.717) is 0 Å². The molecule has 108 valence electrons. The Kier molecular flexibility index (Phi) is 14.7. The summed E-state index contributed by atoms with van der Waals surface area (Å²) in [5, 5.41) is 1.99. The van der Waals surface area contributed by atoms with Gasteiger partial charge in [0, 0.05) is 10.5 Å². The van der Waals surface area contributed by atoms with E-state index in [4.69, 9.17) is 13.3 Å². The zero-order chi connectivity index (χ0) is 13.2. The van der Waals surface area contributed by atoms with Crippen molar-refractivity contribution in [3.8, 4) is 0 Å². The molecule has 0 aromatic carbocycles. The van der Waals surface area contributed by atoms with Crippen LogP contribution in [-0.4, -0.2) is 23.8 Å². The molecule has 0 heterocycles. The van der Waals surface area contributed by atoms with E-state index in [1.807, 2.05) is 0 Å². The first-order valence-corrected chi connectivity index (χ1v) is 10.1. The predicted octanol–water partition coefficient (Wildman–Crippen LogP) is 1.38. The van der Waals surface area contributed by atoms with Crippen molar-refractivity contribution < 1.29 is 42.9 Å². The Labute approximate surface area is 149 Å². The van der Waals surface area contributed by atoms with Gasteiger partial charge in [0.05, 0.1) is 11.4 Å². The van der Waals surface area contributed by atoms with Crippen molar-refractivity contribution in [1.82, 2.24) is 0 Å². The van der Waals surface area contributed by atoms with Gasteiger partial charge in [-0.2, -0.15) is 0 Å². The summed E-state index contributed by atoms with van der Waals surface area (Å²) in [5.74, 6) is 0. The van der Waals surface area contributed by atoms with Crippen LogP contribution in [0.4, 0.5) is 0 Å². The van der Waals surface area contributed by atoms with Crippen molar-refractivity contribution in [1.29, 1.82) is 0 Å². The summed E-state index contributed by atoms with van der Waals surface area (Å²) in [4.78, 5) is 0. The predicted molar refractivity (Wildman–Crippen MR) is 80.5 cm³/mol. The first-order valence-electron chi connectivity index (χ1n) is 6.79. The molecule has 0 aromatic heterocycles. The van der Waals surface area contributed by atoms with E-state index in [1.165, 1.54) is 64.2 Å². The van der Waals surface area contributed by atoms with Gasteiger partial charge in [0.15, 0.2) is 0 Å². The van der Waals surface area contributed by atoms with Crippen molar-refractivity contribution in [2.24, 2.45) is 0 Å². The zero-order valence-corrected chi connectivity index (χ0v) is 16.2. The fourth-order valence-electron chi connectivity index (χ4n) is 2.48. The average molecular weight is 335 g/mol. The summed E-state index contributed by atoms with van der Waals surface area (Å²) >= 11 is -2.86. The van der Waals surface area contributed by atoms with Gasteiger partial charge in [-0.15, -0.1) is 0 Å². The van der Waals surface area contributed by atoms with Crippen LogP contribution in [-0.2, 0) is 11.4 Å². The maximum absolute atomic E-state index is 8.56. The third-order valence-corrected chi connectivity index (χ3v) is 7.00. The van der Waals surface area contributed by atoms with Gasteiger partial charge in [-0.05, 0) is 25.7 Å². The first-order chi connectivity index (χ1) is 8.68. The largest absolute Gasteiger partial charge is 1.00 e. The van der Waals surface area contributed by atoms with Gasteiger partial charge in [-0.1, -0.05) is 60.1 Å². The van der Waals surface area contributed by atoms with Crippen molar-refractivity contribution in [3.05, 3.63) is 0 Å². The van der Waals surface area contributed by atoms with Gasteiger partial charge in [0.2, 0.25) is 0 Å². The maximum atomic E-state index is 8.56. The number of hydrogen-bond acceptors (Lipinski definition) is 4. The molecule has 0 aromatic rings. The molecule has 0 saturated heterocycles. The topological polar surface area (TPSA) is 60.4 Å². The Morgan fingerprint density at radius 3 is 1.37 bits per heavy atom. The molecule has 2 saturated carbocycles.